The predicted octanol–water partition coefficient (Wildman–Crippen LogP) is 1.20. The molecule has 0 atom stereocenters. The molecule has 0 unspecified atom stereocenters. The van der Waals surface area contributed by atoms with Gasteiger partial charge >= 0.3 is 0 Å². The van der Waals surface area contributed by atoms with Crippen LogP contribution in [0.4, 0.5) is 0 Å². The van der Waals surface area contributed by atoms with Gasteiger partial charge in [0.25, 0.3) is 0 Å². The number of terminal acetylenes is 1. The Labute approximate surface area is 96.8 Å². The Kier molecular flexibility index (Phi) is 4.53. The summed E-state index contributed by atoms with van der Waals surface area (Å²) in [4.78, 5) is 0.347. The fourth-order valence-electron chi connectivity index (χ4n) is 1.25. The van der Waals surface area contributed by atoms with Gasteiger partial charge < -0.3 is 5.32 Å². The Bertz CT molecular complexity index is 469. The van der Waals surface area contributed by atoms with Crippen LogP contribution in [0.5, 0.6) is 0 Å². The number of rotatable bonds is 5. The lowest BCUT2D eigenvalue weighted by molar-refractivity contribution is 0.602. The van der Waals surface area contributed by atoms with E-state index in [9.17, 15) is 8.42 Å². The standard InChI is InChI=1S/C12H15NO2S/c1-3-4-9-13-10-11-5-7-12(8-6-11)16(2,14)15/h1,5-8,13H,4,9-10H2,2H3. The third kappa shape index (κ3) is 4.05. The zero-order chi connectivity index (χ0) is 12.0. The molecule has 0 fully saturated rings. The van der Waals surface area contributed by atoms with Crippen molar-refractivity contribution in [1.82, 2.24) is 5.32 Å². The Morgan fingerprint density at radius 1 is 1.31 bits per heavy atom. The number of hydrogen-bond acceptors (Lipinski definition) is 3. The second-order valence-electron chi connectivity index (χ2n) is 3.55. The molecule has 0 bridgehead atoms. The lowest BCUT2D eigenvalue weighted by Crippen LogP contribution is -2.14. The van der Waals surface area contributed by atoms with Gasteiger partial charge in [0.05, 0.1) is 4.90 Å². The number of hydrogen-bond donors (Lipinski definition) is 1. The van der Waals surface area contributed by atoms with Crippen molar-refractivity contribution in [2.24, 2.45) is 0 Å². The van der Waals surface area contributed by atoms with Crippen LogP contribution in [0.15, 0.2) is 29.2 Å². The van der Waals surface area contributed by atoms with Crippen molar-refractivity contribution in [1.29, 1.82) is 0 Å². The van der Waals surface area contributed by atoms with Crippen molar-refractivity contribution in [3.63, 3.8) is 0 Å². The summed E-state index contributed by atoms with van der Waals surface area (Å²) in [6.45, 7) is 1.47. The summed E-state index contributed by atoms with van der Waals surface area (Å²) >= 11 is 0. The molecule has 1 aromatic rings. The van der Waals surface area contributed by atoms with E-state index in [1.807, 2.05) is 0 Å². The third-order valence-corrected chi connectivity index (χ3v) is 3.26. The summed E-state index contributed by atoms with van der Waals surface area (Å²) in [6.07, 6.45) is 7.02. The third-order valence-electron chi connectivity index (χ3n) is 2.13. The summed E-state index contributed by atoms with van der Waals surface area (Å²) in [7, 11) is -3.10. The fourth-order valence-corrected chi connectivity index (χ4v) is 1.88. The molecule has 0 saturated carbocycles. The first kappa shape index (κ1) is 12.8. The Morgan fingerprint density at radius 2 is 1.94 bits per heavy atom. The molecule has 0 aliphatic heterocycles. The molecular weight excluding hydrogens is 222 g/mol. The van der Waals surface area contributed by atoms with Crippen molar-refractivity contribution in [3.8, 4) is 12.3 Å². The van der Waals surface area contributed by atoms with Crippen molar-refractivity contribution in [2.75, 3.05) is 12.8 Å². The predicted molar refractivity (Wildman–Crippen MR) is 64.7 cm³/mol. The quantitative estimate of drug-likeness (QED) is 0.618. The lowest BCUT2D eigenvalue weighted by Gasteiger charge is -2.04. The van der Waals surface area contributed by atoms with Gasteiger partial charge in [0.15, 0.2) is 9.84 Å². The van der Waals surface area contributed by atoms with Crippen LogP contribution in [0, 0.1) is 12.3 Å². The van der Waals surface area contributed by atoms with E-state index in [2.05, 4.69) is 11.2 Å². The molecule has 0 heterocycles. The maximum absolute atomic E-state index is 11.2. The summed E-state index contributed by atoms with van der Waals surface area (Å²) in [6, 6.07) is 6.85. The molecule has 16 heavy (non-hydrogen) atoms. The zero-order valence-corrected chi connectivity index (χ0v) is 10.0. The Hall–Kier alpha value is -1.31. The summed E-state index contributed by atoms with van der Waals surface area (Å²) in [5.74, 6) is 2.54. The molecule has 1 N–H and O–H groups in total. The summed E-state index contributed by atoms with van der Waals surface area (Å²) < 4.78 is 22.4. The first-order chi connectivity index (χ1) is 7.54. The Morgan fingerprint density at radius 3 is 2.44 bits per heavy atom. The zero-order valence-electron chi connectivity index (χ0n) is 9.23. The molecule has 0 amide bonds. The minimum absolute atomic E-state index is 0.347. The first-order valence-corrected chi connectivity index (χ1v) is 6.86. The van der Waals surface area contributed by atoms with Gasteiger partial charge in [-0.2, -0.15) is 0 Å². The second-order valence-corrected chi connectivity index (χ2v) is 5.56. The van der Waals surface area contributed by atoms with Crippen LogP contribution in [0.25, 0.3) is 0 Å². The van der Waals surface area contributed by atoms with Crippen LogP contribution in [-0.2, 0) is 16.4 Å². The molecule has 0 saturated heterocycles. The van der Waals surface area contributed by atoms with E-state index in [0.717, 1.165) is 12.1 Å². The number of nitrogens with one attached hydrogen (secondary N) is 1. The number of sulfone groups is 1. The van der Waals surface area contributed by atoms with Crippen LogP contribution in [0.3, 0.4) is 0 Å². The van der Waals surface area contributed by atoms with Gasteiger partial charge in [0.2, 0.25) is 0 Å². The van der Waals surface area contributed by atoms with Gasteiger partial charge in [0.1, 0.15) is 0 Å². The Balaban J connectivity index is 2.56. The van der Waals surface area contributed by atoms with Gasteiger partial charge in [-0.25, -0.2) is 8.42 Å². The molecule has 0 radical (unpaired) electrons. The van der Waals surface area contributed by atoms with Gasteiger partial charge in [-0.3, -0.25) is 0 Å². The summed E-state index contributed by atoms with van der Waals surface area (Å²) in [5.41, 5.74) is 1.05. The molecule has 1 aromatic carbocycles. The highest BCUT2D eigenvalue weighted by Crippen LogP contribution is 2.09. The lowest BCUT2D eigenvalue weighted by atomic mass is 10.2. The van der Waals surface area contributed by atoms with Crippen LogP contribution in [0.1, 0.15) is 12.0 Å². The maximum Gasteiger partial charge on any atom is 0.175 e. The van der Waals surface area contributed by atoms with E-state index in [0.29, 0.717) is 17.9 Å². The van der Waals surface area contributed by atoms with Gasteiger partial charge in [-0.1, -0.05) is 12.1 Å². The van der Waals surface area contributed by atoms with Crippen molar-refractivity contribution >= 4 is 9.84 Å². The minimum Gasteiger partial charge on any atom is -0.312 e. The highest BCUT2D eigenvalue weighted by atomic mass is 32.2. The van der Waals surface area contributed by atoms with E-state index in [1.165, 1.54) is 6.26 Å². The van der Waals surface area contributed by atoms with E-state index in [1.54, 1.807) is 24.3 Å². The molecule has 86 valence electrons. The fraction of sp³-hybridized carbons (Fsp3) is 0.333. The van der Waals surface area contributed by atoms with Crippen LogP contribution in [0.2, 0.25) is 0 Å². The normalized spacial score (nSPS) is 11.0. The van der Waals surface area contributed by atoms with Crippen LogP contribution >= 0.6 is 0 Å². The van der Waals surface area contributed by atoms with Crippen molar-refractivity contribution in [2.45, 2.75) is 17.9 Å². The molecule has 0 aliphatic carbocycles. The van der Waals surface area contributed by atoms with E-state index in [4.69, 9.17) is 6.42 Å². The topological polar surface area (TPSA) is 46.2 Å². The SMILES string of the molecule is C#CCCNCc1ccc(S(C)(=O)=O)cc1. The molecule has 0 aliphatic rings. The first-order valence-electron chi connectivity index (χ1n) is 4.97. The van der Waals surface area contributed by atoms with Gasteiger partial charge in [-0.05, 0) is 17.7 Å². The molecule has 0 spiro atoms. The molecule has 0 aromatic heterocycles. The van der Waals surface area contributed by atoms with E-state index >= 15 is 0 Å². The van der Waals surface area contributed by atoms with Crippen molar-refractivity contribution in [3.05, 3.63) is 29.8 Å². The molecule has 4 heteroatoms. The van der Waals surface area contributed by atoms with E-state index < -0.39 is 9.84 Å². The largest absolute Gasteiger partial charge is 0.312 e. The second kappa shape index (κ2) is 5.69. The monoisotopic (exact) mass is 237 g/mol. The minimum atomic E-state index is -3.10. The summed E-state index contributed by atoms with van der Waals surface area (Å²) in [5, 5.41) is 3.17. The molecule has 1 rings (SSSR count). The van der Waals surface area contributed by atoms with Gasteiger partial charge in [0, 0.05) is 25.8 Å². The highest BCUT2D eigenvalue weighted by molar-refractivity contribution is 7.90. The van der Waals surface area contributed by atoms with E-state index in [-0.39, 0.29) is 0 Å². The highest BCUT2D eigenvalue weighted by Gasteiger charge is 2.05. The molecule has 3 nitrogen and oxygen atoms in total. The smallest absolute Gasteiger partial charge is 0.175 e. The average Bonchev–Trinajstić information content (AvgIpc) is 2.24. The maximum atomic E-state index is 11.2. The van der Waals surface area contributed by atoms with Crippen LogP contribution in [-0.4, -0.2) is 21.2 Å². The van der Waals surface area contributed by atoms with Gasteiger partial charge in [-0.15, -0.1) is 12.3 Å². The number of benzene rings is 1. The molecular formula is C12H15NO2S. The van der Waals surface area contributed by atoms with Crippen molar-refractivity contribution < 1.29 is 8.42 Å². The van der Waals surface area contributed by atoms with Crippen LogP contribution < -0.4 is 5.32 Å². The average molecular weight is 237 g/mol.